The molecule has 0 bridgehead atoms. The third-order valence-electron chi connectivity index (χ3n) is 9.42. The van der Waals surface area contributed by atoms with Crippen molar-refractivity contribution in [2.24, 2.45) is 39.5 Å². The standard InChI is InChI=1S/C26H31NO6/c1-14-10-16-17-5-8-26(32,21(30)13-33-23(31)19-6-9-27-19)25(17,3)12-20(29)22(16)24(2)7-4-15(28)11-18(14)24/h4,6-7,9,11,14,16-17,20,22,29,32H,5,8,10,12-13H2,1-3H3/t14-,16-,17-,20?,22+,24-,25-,26-/m0/s1. The van der Waals surface area contributed by atoms with Crippen molar-refractivity contribution >= 4 is 23.2 Å². The Morgan fingerprint density at radius 3 is 2.67 bits per heavy atom. The van der Waals surface area contributed by atoms with Crippen LogP contribution in [0.4, 0.5) is 0 Å². The summed E-state index contributed by atoms with van der Waals surface area (Å²) in [5, 5.41) is 23.1. The number of hydrogen-bond donors (Lipinski definition) is 2. The summed E-state index contributed by atoms with van der Waals surface area (Å²) < 4.78 is 5.12. The number of ketones is 2. The molecule has 0 aromatic heterocycles. The normalized spacial score (nSPS) is 45.2. The monoisotopic (exact) mass is 453 g/mol. The Labute approximate surface area is 193 Å². The minimum Gasteiger partial charge on any atom is -0.453 e. The average Bonchev–Trinajstić information content (AvgIpc) is 2.97. The average molecular weight is 454 g/mol. The van der Waals surface area contributed by atoms with E-state index in [1.165, 1.54) is 12.3 Å². The smallest absolute Gasteiger partial charge is 0.357 e. The van der Waals surface area contributed by atoms with E-state index in [2.05, 4.69) is 18.8 Å². The molecular weight excluding hydrogens is 422 g/mol. The first kappa shape index (κ1) is 22.4. The molecule has 5 rings (SSSR count). The number of esters is 1. The van der Waals surface area contributed by atoms with Gasteiger partial charge in [0.15, 0.2) is 12.4 Å². The number of aliphatic imine (C=N–C) groups is 1. The lowest BCUT2D eigenvalue weighted by molar-refractivity contribution is -0.182. The molecule has 176 valence electrons. The number of fused-ring (bicyclic) bond motifs is 5. The number of carbonyl (C=O) groups is 3. The Bertz CT molecular complexity index is 1060. The van der Waals surface area contributed by atoms with Gasteiger partial charge < -0.3 is 14.9 Å². The van der Waals surface area contributed by atoms with Crippen LogP contribution in [0.1, 0.15) is 46.5 Å². The Morgan fingerprint density at radius 1 is 1.27 bits per heavy atom. The van der Waals surface area contributed by atoms with Gasteiger partial charge in [0.05, 0.1) is 6.10 Å². The second kappa shape index (κ2) is 7.31. The van der Waals surface area contributed by atoms with Gasteiger partial charge in [0.25, 0.3) is 0 Å². The van der Waals surface area contributed by atoms with Crippen LogP contribution in [0.25, 0.3) is 0 Å². The number of hydrogen-bond acceptors (Lipinski definition) is 7. The van der Waals surface area contributed by atoms with Gasteiger partial charge >= 0.3 is 5.97 Å². The minimum atomic E-state index is -1.67. The number of Topliss-reactive ketones (excluding diaryl/α,β-unsaturated/α-hetero) is 1. The van der Waals surface area contributed by atoms with Gasteiger partial charge in [0.1, 0.15) is 11.3 Å². The van der Waals surface area contributed by atoms with Crippen molar-refractivity contribution in [3.8, 4) is 0 Å². The number of carbonyl (C=O) groups excluding carboxylic acids is 3. The second-order valence-electron chi connectivity index (χ2n) is 11.0. The molecule has 1 unspecified atom stereocenters. The maximum atomic E-state index is 13.2. The Balaban J connectivity index is 1.42. The summed E-state index contributed by atoms with van der Waals surface area (Å²) in [6, 6.07) is 0. The van der Waals surface area contributed by atoms with Crippen molar-refractivity contribution in [1.82, 2.24) is 0 Å². The van der Waals surface area contributed by atoms with E-state index in [1.54, 1.807) is 12.2 Å². The van der Waals surface area contributed by atoms with Crippen molar-refractivity contribution in [1.29, 1.82) is 0 Å². The molecule has 5 aliphatic rings. The summed E-state index contributed by atoms with van der Waals surface area (Å²) in [7, 11) is 0. The van der Waals surface area contributed by atoms with Gasteiger partial charge in [-0.15, -0.1) is 0 Å². The number of aliphatic hydroxyl groups is 2. The van der Waals surface area contributed by atoms with Gasteiger partial charge in [0, 0.05) is 22.9 Å². The van der Waals surface area contributed by atoms with Crippen molar-refractivity contribution in [3.05, 3.63) is 36.1 Å². The summed E-state index contributed by atoms with van der Waals surface area (Å²) >= 11 is 0. The van der Waals surface area contributed by atoms with Gasteiger partial charge in [-0.2, -0.15) is 0 Å². The van der Waals surface area contributed by atoms with E-state index in [0.717, 1.165) is 12.0 Å². The Morgan fingerprint density at radius 2 is 2.00 bits per heavy atom. The summed E-state index contributed by atoms with van der Waals surface area (Å²) in [4.78, 5) is 41.0. The highest BCUT2D eigenvalue weighted by atomic mass is 16.5. The van der Waals surface area contributed by atoms with Gasteiger partial charge in [-0.05, 0) is 61.7 Å². The molecule has 7 nitrogen and oxygen atoms in total. The lowest BCUT2D eigenvalue weighted by Gasteiger charge is -2.60. The molecule has 0 spiro atoms. The first-order valence-electron chi connectivity index (χ1n) is 11.8. The van der Waals surface area contributed by atoms with Crippen molar-refractivity contribution in [3.63, 3.8) is 0 Å². The fourth-order valence-corrected chi connectivity index (χ4v) is 7.81. The van der Waals surface area contributed by atoms with Gasteiger partial charge in [-0.25, -0.2) is 9.79 Å². The fourth-order valence-electron chi connectivity index (χ4n) is 7.81. The molecule has 0 aromatic rings. The molecule has 7 heteroatoms. The molecule has 3 saturated carbocycles. The van der Waals surface area contributed by atoms with Gasteiger partial charge in [-0.1, -0.05) is 32.4 Å². The molecule has 0 amide bonds. The zero-order chi connectivity index (χ0) is 23.8. The topological polar surface area (TPSA) is 113 Å². The third kappa shape index (κ3) is 3.01. The van der Waals surface area contributed by atoms with Crippen molar-refractivity contribution in [2.45, 2.75) is 58.2 Å². The number of nitrogens with zero attached hydrogens (tertiary/aromatic N) is 1. The predicted molar refractivity (Wildman–Crippen MR) is 120 cm³/mol. The van der Waals surface area contributed by atoms with E-state index in [1.807, 2.05) is 13.0 Å². The Kier molecular flexibility index (Phi) is 4.96. The van der Waals surface area contributed by atoms with Crippen LogP contribution in [-0.4, -0.2) is 51.8 Å². The third-order valence-corrected chi connectivity index (χ3v) is 9.42. The molecule has 1 heterocycles. The molecule has 0 radical (unpaired) electrons. The summed E-state index contributed by atoms with van der Waals surface area (Å²) in [5.41, 5.74) is -1.68. The number of allylic oxidation sites excluding steroid dienone is 4. The largest absolute Gasteiger partial charge is 0.453 e. The lowest BCUT2D eigenvalue weighted by Crippen LogP contribution is -2.62. The molecule has 4 aliphatic carbocycles. The van der Waals surface area contributed by atoms with Crippen LogP contribution in [0.3, 0.4) is 0 Å². The van der Waals surface area contributed by atoms with Crippen molar-refractivity contribution < 1.29 is 29.3 Å². The maximum Gasteiger partial charge on any atom is 0.357 e. The summed E-state index contributed by atoms with van der Waals surface area (Å²) in [6.07, 6.45) is 9.56. The Hall–Kier alpha value is -2.38. The molecule has 8 atom stereocenters. The van der Waals surface area contributed by atoms with E-state index in [4.69, 9.17) is 4.74 Å². The van der Waals surface area contributed by atoms with E-state index < -0.39 is 40.9 Å². The molecule has 2 N–H and O–H groups in total. The van der Waals surface area contributed by atoms with Crippen LogP contribution in [0.15, 0.2) is 41.1 Å². The fraction of sp³-hybridized carbons (Fsp3) is 0.615. The van der Waals surface area contributed by atoms with Crippen LogP contribution in [-0.2, 0) is 19.1 Å². The van der Waals surface area contributed by atoms with E-state index in [9.17, 15) is 24.6 Å². The molecule has 0 saturated heterocycles. The summed E-state index contributed by atoms with van der Waals surface area (Å²) in [6.45, 7) is 5.61. The zero-order valence-electron chi connectivity index (χ0n) is 19.3. The molecular formula is C26H31NO6. The SMILES string of the molecule is C[C@H]1C[C@@H]2[C@H](C(O)C[C@@]3(C)[C@H]2CC[C@]3(O)C(=O)COC(=O)C2=NC=C2)[C@@]2(C)C=CC(=O)C=C12. The first-order chi connectivity index (χ1) is 15.5. The van der Waals surface area contributed by atoms with E-state index in [-0.39, 0.29) is 48.0 Å². The molecule has 33 heavy (non-hydrogen) atoms. The van der Waals surface area contributed by atoms with Crippen LogP contribution in [0.2, 0.25) is 0 Å². The van der Waals surface area contributed by atoms with Crippen LogP contribution in [0.5, 0.6) is 0 Å². The minimum absolute atomic E-state index is 0.0124. The highest BCUT2D eigenvalue weighted by molar-refractivity contribution is 6.43. The van der Waals surface area contributed by atoms with E-state index >= 15 is 0 Å². The molecule has 3 fully saturated rings. The van der Waals surface area contributed by atoms with Gasteiger partial charge in [0.2, 0.25) is 5.78 Å². The number of aliphatic hydroxyl groups excluding tert-OH is 1. The summed E-state index contributed by atoms with van der Waals surface area (Å²) in [5.74, 6) is -0.975. The predicted octanol–water partition coefficient (Wildman–Crippen LogP) is 2.32. The number of ether oxygens (including phenoxy) is 1. The van der Waals surface area contributed by atoms with Crippen LogP contribution < -0.4 is 0 Å². The quantitative estimate of drug-likeness (QED) is 0.632. The second-order valence-corrected chi connectivity index (χ2v) is 11.0. The number of rotatable bonds is 4. The molecule has 0 aromatic carbocycles. The van der Waals surface area contributed by atoms with Crippen LogP contribution >= 0.6 is 0 Å². The lowest BCUT2D eigenvalue weighted by atomic mass is 9.45. The maximum absolute atomic E-state index is 13.2. The highest BCUT2D eigenvalue weighted by Crippen LogP contribution is 2.67. The van der Waals surface area contributed by atoms with Crippen LogP contribution in [0, 0.1) is 34.5 Å². The van der Waals surface area contributed by atoms with Gasteiger partial charge in [-0.3, -0.25) is 9.59 Å². The molecule has 1 aliphatic heterocycles. The van der Waals surface area contributed by atoms with E-state index in [0.29, 0.717) is 6.42 Å². The van der Waals surface area contributed by atoms with Crippen molar-refractivity contribution in [2.75, 3.05) is 6.61 Å². The first-order valence-corrected chi connectivity index (χ1v) is 11.8. The highest BCUT2D eigenvalue weighted by Gasteiger charge is 2.68. The zero-order valence-corrected chi connectivity index (χ0v) is 19.3.